The van der Waals surface area contributed by atoms with Crippen LogP contribution in [0.25, 0.3) is 0 Å². The molecule has 0 aromatic heterocycles. The Bertz CT molecular complexity index is 262. The summed E-state index contributed by atoms with van der Waals surface area (Å²) in [6, 6.07) is 0. The van der Waals surface area contributed by atoms with Gasteiger partial charge in [-0.15, -0.1) is 6.58 Å². The zero-order valence-corrected chi connectivity index (χ0v) is 7.86. The van der Waals surface area contributed by atoms with E-state index in [-0.39, 0.29) is 6.42 Å². The molecule has 0 saturated carbocycles. The van der Waals surface area contributed by atoms with Crippen molar-refractivity contribution in [1.29, 1.82) is 0 Å². The van der Waals surface area contributed by atoms with Gasteiger partial charge in [0.15, 0.2) is 0 Å². The van der Waals surface area contributed by atoms with Gasteiger partial charge in [-0.2, -0.15) is 26.3 Å². The number of carbonyl (C=O) groups excluding carboxylic acids is 1. The second-order valence-corrected chi connectivity index (χ2v) is 2.72. The Morgan fingerprint density at radius 1 is 1.31 bits per heavy atom. The smallest absolute Gasteiger partial charge is 0.293 e. The third-order valence-corrected chi connectivity index (χ3v) is 1.55. The Balaban J connectivity index is 4.92. The molecule has 0 aromatic carbocycles. The molecule has 0 radical (unpaired) electrons. The molecule has 0 aliphatic heterocycles. The van der Waals surface area contributed by atoms with Crippen LogP contribution in [0, 0.1) is 0 Å². The van der Waals surface area contributed by atoms with E-state index in [1.807, 2.05) is 0 Å². The molecule has 0 aromatic rings. The summed E-state index contributed by atoms with van der Waals surface area (Å²) in [5.74, 6) is -7.08. The van der Waals surface area contributed by atoms with Gasteiger partial charge in [0.1, 0.15) is 0 Å². The van der Waals surface area contributed by atoms with Crippen molar-refractivity contribution in [2.24, 2.45) is 0 Å². The van der Waals surface area contributed by atoms with E-state index in [9.17, 15) is 31.1 Å². The van der Waals surface area contributed by atoms with Crippen molar-refractivity contribution in [1.82, 2.24) is 0 Å². The van der Waals surface area contributed by atoms with Gasteiger partial charge < -0.3 is 0 Å². The maximum Gasteiger partial charge on any atom is 0.456 e. The van der Waals surface area contributed by atoms with Crippen LogP contribution in [0.2, 0.25) is 0 Å². The maximum absolute atomic E-state index is 13.1. The Morgan fingerprint density at radius 2 is 1.81 bits per heavy atom. The van der Waals surface area contributed by atoms with Crippen molar-refractivity contribution in [3.05, 3.63) is 12.7 Å². The number of alkyl halides is 6. The van der Waals surface area contributed by atoms with Gasteiger partial charge in [0.2, 0.25) is 5.78 Å². The van der Waals surface area contributed by atoms with Crippen LogP contribution in [0.15, 0.2) is 12.7 Å². The number of carbonyl (C=O) groups is 1. The number of ketones is 1. The van der Waals surface area contributed by atoms with E-state index in [1.165, 1.54) is 0 Å². The van der Waals surface area contributed by atoms with Crippen LogP contribution in [-0.2, 0) is 9.53 Å². The Kier molecular flexibility index (Phi) is 4.98. The van der Waals surface area contributed by atoms with Gasteiger partial charge in [-0.1, -0.05) is 6.08 Å². The molecule has 0 saturated heterocycles. The van der Waals surface area contributed by atoms with Crippen molar-refractivity contribution in [3.63, 3.8) is 0 Å². The first kappa shape index (κ1) is 14.9. The lowest BCUT2D eigenvalue weighted by Gasteiger charge is -2.25. The van der Waals surface area contributed by atoms with Crippen LogP contribution >= 0.6 is 0 Å². The summed E-state index contributed by atoms with van der Waals surface area (Å²) in [7, 11) is 0. The van der Waals surface area contributed by atoms with Crippen molar-refractivity contribution >= 4 is 5.78 Å². The quantitative estimate of drug-likeness (QED) is 0.535. The number of rotatable bonds is 6. The van der Waals surface area contributed by atoms with Crippen LogP contribution in [0.3, 0.4) is 0 Å². The standard InChI is InChI=1S/C8H8F6O2/c1-2-3-4-5(15)7(11,8(12,13)14)16-6(9)10/h2,6H,1,3-4H2. The highest BCUT2D eigenvalue weighted by atomic mass is 19.4. The third kappa shape index (κ3) is 3.51. The first-order chi connectivity index (χ1) is 7.15. The van der Waals surface area contributed by atoms with Crippen LogP contribution in [0.4, 0.5) is 26.3 Å². The van der Waals surface area contributed by atoms with Gasteiger partial charge in [0, 0.05) is 6.42 Å². The summed E-state index contributed by atoms with van der Waals surface area (Å²) in [4.78, 5) is 10.8. The number of hydrogen-bond acceptors (Lipinski definition) is 2. The fourth-order valence-corrected chi connectivity index (χ4v) is 0.807. The van der Waals surface area contributed by atoms with Crippen molar-refractivity contribution in [2.75, 3.05) is 0 Å². The highest BCUT2D eigenvalue weighted by molar-refractivity contribution is 5.86. The Labute approximate surface area is 86.9 Å². The molecule has 0 spiro atoms. The molecule has 0 fully saturated rings. The molecule has 94 valence electrons. The Morgan fingerprint density at radius 3 is 2.12 bits per heavy atom. The number of Topliss-reactive ketones (excluding diaryl/α,β-unsaturated/α-hetero) is 1. The van der Waals surface area contributed by atoms with Gasteiger partial charge >= 0.3 is 18.6 Å². The van der Waals surface area contributed by atoms with Crippen LogP contribution in [0.1, 0.15) is 12.8 Å². The lowest BCUT2D eigenvalue weighted by atomic mass is 10.1. The lowest BCUT2D eigenvalue weighted by Crippen LogP contribution is -2.51. The summed E-state index contributed by atoms with van der Waals surface area (Å²) >= 11 is 0. The number of ether oxygens (including phenoxy) is 1. The molecule has 0 heterocycles. The molecule has 8 heteroatoms. The zero-order valence-electron chi connectivity index (χ0n) is 7.86. The normalized spacial score (nSPS) is 15.9. The summed E-state index contributed by atoms with van der Waals surface area (Å²) in [6.07, 6.45) is -5.99. The fraction of sp³-hybridized carbons (Fsp3) is 0.625. The highest BCUT2D eigenvalue weighted by Gasteiger charge is 2.64. The summed E-state index contributed by atoms with van der Waals surface area (Å²) in [6.45, 7) is -0.949. The largest absolute Gasteiger partial charge is 0.456 e. The predicted molar refractivity (Wildman–Crippen MR) is 41.4 cm³/mol. The second kappa shape index (κ2) is 5.33. The maximum atomic E-state index is 13.1. The third-order valence-electron chi connectivity index (χ3n) is 1.55. The van der Waals surface area contributed by atoms with Gasteiger partial charge in [-0.05, 0) is 6.42 Å². The van der Waals surface area contributed by atoms with Crippen molar-refractivity contribution in [2.45, 2.75) is 31.5 Å². The predicted octanol–water partition coefficient (Wildman–Crippen LogP) is 2.99. The lowest BCUT2D eigenvalue weighted by molar-refractivity contribution is -0.356. The van der Waals surface area contributed by atoms with E-state index in [0.717, 1.165) is 6.08 Å². The van der Waals surface area contributed by atoms with E-state index in [0.29, 0.717) is 0 Å². The van der Waals surface area contributed by atoms with Crippen molar-refractivity contribution in [3.8, 4) is 0 Å². The van der Waals surface area contributed by atoms with E-state index in [2.05, 4.69) is 11.3 Å². The minimum absolute atomic E-state index is 0.271. The Hall–Kier alpha value is -1.05. The minimum Gasteiger partial charge on any atom is -0.293 e. The molecule has 0 N–H and O–H groups in total. The molecule has 0 rings (SSSR count). The number of allylic oxidation sites excluding steroid dienone is 1. The molecule has 0 aliphatic rings. The summed E-state index contributed by atoms with van der Waals surface area (Å²) < 4.78 is 75.2. The summed E-state index contributed by atoms with van der Waals surface area (Å²) in [5, 5.41) is 0. The van der Waals surface area contributed by atoms with Gasteiger partial charge in [0.05, 0.1) is 0 Å². The second-order valence-electron chi connectivity index (χ2n) is 2.72. The topological polar surface area (TPSA) is 26.3 Å². The first-order valence-corrected chi connectivity index (χ1v) is 4.01. The van der Waals surface area contributed by atoms with Crippen LogP contribution < -0.4 is 0 Å². The minimum atomic E-state index is -5.85. The zero-order chi connectivity index (χ0) is 13.0. The van der Waals surface area contributed by atoms with Gasteiger partial charge in [-0.3, -0.25) is 9.53 Å². The molecule has 0 aliphatic carbocycles. The number of halogens is 6. The molecule has 1 unspecified atom stereocenters. The molecule has 2 nitrogen and oxygen atoms in total. The van der Waals surface area contributed by atoms with E-state index in [1.54, 1.807) is 0 Å². The molecular weight excluding hydrogens is 242 g/mol. The average Bonchev–Trinajstić information content (AvgIpc) is 2.10. The molecule has 0 bridgehead atoms. The summed E-state index contributed by atoms with van der Waals surface area (Å²) in [5.41, 5.74) is 0. The van der Waals surface area contributed by atoms with Gasteiger partial charge in [0.25, 0.3) is 0 Å². The highest BCUT2D eigenvalue weighted by Crippen LogP contribution is 2.38. The van der Waals surface area contributed by atoms with Gasteiger partial charge in [-0.25, -0.2) is 0 Å². The fourth-order valence-electron chi connectivity index (χ4n) is 0.807. The average molecular weight is 250 g/mol. The molecular formula is C8H8F6O2. The molecule has 0 amide bonds. The molecule has 1 atom stereocenters. The molecule has 16 heavy (non-hydrogen) atoms. The number of hydrogen-bond donors (Lipinski definition) is 0. The monoisotopic (exact) mass is 250 g/mol. The van der Waals surface area contributed by atoms with E-state index in [4.69, 9.17) is 0 Å². The van der Waals surface area contributed by atoms with E-state index >= 15 is 0 Å². The SMILES string of the molecule is C=CCCC(=O)C(F)(OC(F)F)C(F)(F)F. The first-order valence-electron chi connectivity index (χ1n) is 4.01. The van der Waals surface area contributed by atoms with Crippen LogP contribution in [0.5, 0.6) is 0 Å². The van der Waals surface area contributed by atoms with Crippen LogP contribution in [-0.4, -0.2) is 24.4 Å². The van der Waals surface area contributed by atoms with Crippen molar-refractivity contribution < 1.29 is 35.9 Å². The van der Waals surface area contributed by atoms with E-state index < -0.39 is 30.8 Å².